The van der Waals surface area contributed by atoms with Gasteiger partial charge in [0.2, 0.25) is 5.91 Å². The van der Waals surface area contributed by atoms with E-state index < -0.39 is 5.54 Å². The Kier molecular flexibility index (Phi) is 5.83. The Hall–Kier alpha value is -1.06. The van der Waals surface area contributed by atoms with Crippen LogP contribution in [0.4, 0.5) is 0 Å². The smallest absolute Gasteiger partial charge is 0.240 e. The van der Waals surface area contributed by atoms with Crippen LogP contribution in [0.1, 0.15) is 43.7 Å². The molecule has 4 heteroatoms. The van der Waals surface area contributed by atoms with Crippen molar-refractivity contribution in [2.45, 2.75) is 51.1 Å². The van der Waals surface area contributed by atoms with Gasteiger partial charge in [0, 0.05) is 6.54 Å². The standard InChI is InChI=1S/C15H22N2O.ClH/c1-2-12-7-3-4-8-13(12)11-17-14(18)15(16)9-5-6-10-15;/h3-4,7-8H,2,5-6,9-11,16H2,1H3,(H,17,18);1H. The molecule has 1 saturated carbocycles. The summed E-state index contributed by atoms with van der Waals surface area (Å²) in [5.74, 6) is 0.00547. The molecule has 1 aliphatic rings. The molecule has 1 amide bonds. The van der Waals surface area contributed by atoms with Crippen LogP contribution in [0.15, 0.2) is 24.3 Å². The highest BCUT2D eigenvalue weighted by molar-refractivity contribution is 5.86. The molecular formula is C15H23ClN2O. The van der Waals surface area contributed by atoms with Gasteiger partial charge in [-0.05, 0) is 30.4 Å². The molecule has 1 aromatic carbocycles. The van der Waals surface area contributed by atoms with Gasteiger partial charge in [-0.2, -0.15) is 0 Å². The van der Waals surface area contributed by atoms with Gasteiger partial charge in [-0.25, -0.2) is 0 Å². The predicted molar refractivity (Wildman–Crippen MR) is 80.3 cm³/mol. The van der Waals surface area contributed by atoms with Crippen molar-refractivity contribution < 1.29 is 4.79 Å². The van der Waals surface area contributed by atoms with E-state index in [1.54, 1.807) is 0 Å². The lowest BCUT2D eigenvalue weighted by Crippen LogP contribution is -2.51. The van der Waals surface area contributed by atoms with Crippen molar-refractivity contribution in [1.82, 2.24) is 5.32 Å². The minimum absolute atomic E-state index is 0. The summed E-state index contributed by atoms with van der Waals surface area (Å²) in [6.07, 6.45) is 4.74. The van der Waals surface area contributed by atoms with E-state index in [9.17, 15) is 4.79 Å². The van der Waals surface area contributed by atoms with Gasteiger partial charge in [0.1, 0.15) is 0 Å². The van der Waals surface area contributed by atoms with Crippen molar-refractivity contribution in [3.63, 3.8) is 0 Å². The number of rotatable bonds is 4. The van der Waals surface area contributed by atoms with E-state index in [0.717, 1.165) is 32.1 Å². The number of hydrogen-bond acceptors (Lipinski definition) is 2. The lowest BCUT2D eigenvalue weighted by Gasteiger charge is -2.22. The van der Waals surface area contributed by atoms with Crippen LogP contribution in [-0.4, -0.2) is 11.4 Å². The van der Waals surface area contributed by atoms with Gasteiger partial charge in [-0.1, -0.05) is 44.0 Å². The highest BCUT2D eigenvalue weighted by atomic mass is 35.5. The van der Waals surface area contributed by atoms with Gasteiger partial charge >= 0.3 is 0 Å². The SMILES string of the molecule is CCc1ccccc1CNC(=O)C1(N)CCCC1.Cl. The van der Waals surface area contributed by atoms with Crippen LogP contribution in [-0.2, 0) is 17.8 Å². The van der Waals surface area contributed by atoms with E-state index in [1.807, 2.05) is 12.1 Å². The number of halogens is 1. The molecule has 0 spiro atoms. The lowest BCUT2D eigenvalue weighted by molar-refractivity contribution is -0.126. The van der Waals surface area contributed by atoms with Crippen molar-refractivity contribution in [3.05, 3.63) is 35.4 Å². The van der Waals surface area contributed by atoms with Crippen molar-refractivity contribution >= 4 is 18.3 Å². The average Bonchev–Trinajstić information content (AvgIpc) is 2.84. The summed E-state index contributed by atoms with van der Waals surface area (Å²) in [7, 11) is 0. The molecule has 1 fully saturated rings. The summed E-state index contributed by atoms with van der Waals surface area (Å²) < 4.78 is 0. The molecule has 0 bridgehead atoms. The zero-order valence-corrected chi connectivity index (χ0v) is 12.3. The summed E-state index contributed by atoms with van der Waals surface area (Å²) in [5.41, 5.74) is 7.98. The number of carbonyl (C=O) groups is 1. The second-order valence-corrected chi connectivity index (χ2v) is 5.17. The Labute approximate surface area is 121 Å². The van der Waals surface area contributed by atoms with Gasteiger partial charge in [0.25, 0.3) is 0 Å². The second-order valence-electron chi connectivity index (χ2n) is 5.17. The van der Waals surface area contributed by atoms with Gasteiger partial charge in [0.15, 0.2) is 0 Å². The number of aryl methyl sites for hydroxylation is 1. The Morgan fingerprint density at radius 1 is 1.26 bits per heavy atom. The van der Waals surface area contributed by atoms with Gasteiger partial charge in [-0.15, -0.1) is 12.4 Å². The Balaban J connectivity index is 0.00000180. The summed E-state index contributed by atoms with van der Waals surface area (Å²) in [5, 5.41) is 2.99. The molecule has 3 N–H and O–H groups in total. The zero-order chi connectivity index (χ0) is 13.0. The first-order valence-electron chi connectivity index (χ1n) is 6.80. The van der Waals surface area contributed by atoms with Crippen molar-refractivity contribution in [2.24, 2.45) is 5.73 Å². The number of carbonyl (C=O) groups excluding carboxylic acids is 1. The third-order valence-corrected chi connectivity index (χ3v) is 3.89. The summed E-state index contributed by atoms with van der Waals surface area (Å²) in [4.78, 5) is 12.1. The lowest BCUT2D eigenvalue weighted by atomic mass is 9.97. The van der Waals surface area contributed by atoms with E-state index >= 15 is 0 Å². The number of nitrogens with two attached hydrogens (primary N) is 1. The van der Waals surface area contributed by atoms with E-state index in [2.05, 4.69) is 24.4 Å². The number of hydrogen-bond donors (Lipinski definition) is 2. The van der Waals surface area contributed by atoms with Gasteiger partial charge < -0.3 is 11.1 Å². The van der Waals surface area contributed by atoms with Gasteiger partial charge in [-0.3, -0.25) is 4.79 Å². The molecule has 0 aromatic heterocycles. The van der Waals surface area contributed by atoms with Crippen LogP contribution in [0, 0.1) is 0 Å². The molecule has 0 atom stereocenters. The summed E-state index contributed by atoms with van der Waals surface area (Å²) in [6.45, 7) is 2.71. The highest BCUT2D eigenvalue weighted by Gasteiger charge is 2.36. The monoisotopic (exact) mass is 282 g/mol. The molecule has 0 heterocycles. The molecule has 3 nitrogen and oxygen atoms in total. The maximum atomic E-state index is 12.1. The fourth-order valence-electron chi connectivity index (χ4n) is 2.66. The average molecular weight is 283 g/mol. The highest BCUT2D eigenvalue weighted by Crippen LogP contribution is 2.27. The molecule has 0 saturated heterocycles. The topological polar surface area (TPSA) is 55.1 Å². The van der Waals surface area contributed by atoms with Crippen molar-refractivity contribution in [1.29, 1.82) is 0 Å². The molecule has 2 rings (SSSR count). The Morgan fingerprint density at radius 2 is 1.84 bits per heavy atom. The molecule has 19 heavy (non-hydrogen) atoms. The number of benzene rings is 1. The normalized spacial score (nSPS) is 16.7. The largest absolute Gasteiger partial charge is 0.350 e. The van der Waals surface area contributed by atoms with Crippen LogP contribution >= 0.6 is 12.4 Å². The Bertz CT molecular complexity index is 428. The maximum Gasteiger partial charge on any atom is 0.240 e. The molecule has 0 radical (unpaired) electrons. The third kappa shape index (κ3) is 3.71. The molecule has 0 unspecified atom stereocenters. The molecule has 0 aliphatic heterocycles. The van der Waals surface area contributed by atoms with Crippen LogP contribution in [0.5, 0.6) is 0 Å². The Morgan fingerprint density at radius 3 is 2.42 bits per heavy atom. The van der Waals surface area contributed by atoms with Crippen LogP contribution in [0.25, 0.3) is 0 Å². The van der Waals surface area contributed by atoms with Crippen LogP contribution in [0.3, 0.4) is 0 Å². The summed E-state index contributed by atoms with van der Waals surface area (Å²) >= 11 is 0. The van der Waals surface area contributed by atoms with E-state index in [1.165, 1.54) is 11.1 Å². The zero-order valence-electron chi connectivity index (χ0n) is 11.4. The van der Waals surface area contributed by atoms with E-state index in [-0.39, 0.29) is 18.3 Å². The van der Waals surface area contributed by atoms with Gasteiger partial charge in [0.05, 0.1) is 5.54 Å². The minimum atomic E-state index is -0.624. The molecule has 106 valence electrons. The number of amides is 1. The summed E-state index contributed by atoms with van der Waals surface area (Å²) in [6, 6.07) is 8.21. The predicted octanol–water partition coefficient (Wildman–Crippen LogP) is 2.56. The molecule has 1 aliphatic carbocycles. The first-order chi connectivity index (χ1) is 8.65. The van der Waals surface area contributed by atoms with E-state index in [4.69, 9.17) is 5.73 Å². The minimum Gasteiger partial charge on any atom is -0.350 e. The third-order valence-electron chi connectivity index (χ3n) is 3.89. The van der Waals surface area contributed by atoms with Crippen LogP contribution in [0.2, 0.25) is 0 Å². The van der Waals surface area contributed by atoms with E-state index in [0.29, 0.717) is 6.54 Å². The van der Waals surface area contributed by atoms with Crippen molar-refractivity contribution in [2.75, 3.05) is 0 Å². The molecular weight excluding hydrogens is 260 g/mol. The fourth-order valence-corrected chi connectivity index (χ4v) is 2.66. The quantitative estimate of drug-likeness (QED) is 0.892. The van der Waals surface area contributed by atoms with Crippen molar-refractivity contribution in [3.8, 4) is 0 Å². The second kappa shape index (κ2) is 6.92. The number of nitrogens with one attached hydrogen (secondary N) is 1. The first kappa shape index (κ1) is 16.0. The molecule has 1 aromatic rings. The maximum absolute atomic E-state index is 12.1. The fraction of sp³-hybridized carbons (Fsp3) is 0.533. The van der Waals surface area contributed by atoms with Crippen LogP contribution < -0.4 is 11.1 Å². The first-order valence-corrected chi connectivity index (χ1v) is 6.80.